The molecule has 38 heavy (non-hydrogen) atoms. The lowest BCUT2D eigenvalue weighted by molar-refractivity contribution is 0.0997. The van der Waals surface area contributed by atoms with Crippen molar-refractivity contribution in [3.05, 3.63) is 94.1 Å². The summed E-state index contributed by atoms with van der Waals surface area (Å²) in [7, 11) is -0.361. The zero-order chi connectivity index (χ0) is 27.8. The van der Waals surface area contributed by atoms with Crippen LogP contribution in [0.5, 0.6) is 11.5 Å². The van der Waals surface area contributed by atoms with E-state index in [9.17, 15) is 4.79 Å². The average molecular weight is 528 g/mol. The van der Waals surface area contributed by atoms with Crippen molar-refractivity contribution < 1.29 is 14.0 Å². The van der Waals surface area contributed by atoms with Gasteiger partial charge in [0.25, 0.3) is 5.91 Å². The zero-order valence-electron chi connectivity index (χ0n) is 24.4. The van der Waals surface area contributed by atoms with Gasteiger partial charge in [0, 0.05) is 11.3 Å². The molecule has 4 rings (SSSR count). The summed E-state index contributed by atoms with van der Waals surface area (Å²) in [5.41, 5.74) is 8.01. The van der Waals surface area contributed by atoms with Gasteiger partial charge >= 0.3 is 0 Å². The molecule has 1 aliphatic carbocycles. The summed E-state index contributed by atoms with van der Waals surface area (Å²) in [6.45, 7) is 17.4. The summed E-state index contributed by atoms with van der Waals surface area (Å²) in [5.74, 6) is 1.31. The minimum Gasteiger partial charge on any atom is -0.544 e. The van der Waals surface area contributed by atoms with Gasteiger partial charge in [0.2, 0.25) is 8.32 Å². The number of hydrogen-bond acceptors (Lipinski definition) is 3. The molecule has 4 nitrogen and oxygen atoms in total. The highest BCUT2D eigenvalue weighted by molar-refractivity contribution is 6.74. The van der Waals surface area contributed by atoms with E-state index < -0.39 is 8.32 Å². The Labute approximate surface area is 229 Å². The third kappa shape index (κ3) is 5.44. The Morgan fingerprint density at radius 1 is 0.921 bits per heavy atom. The molecule has 0 fully saturated rings. The summed E-state index contributed by atoms with van der Waals surface area (Å²) in [6.07, 6.45) is 4.03. The van der Waals surface area contributed by atoms with E-state index >= 15 is 0 Å². The van der Waals surface area contributed by atoms with Crippen LogP contribution in [0.1, 0.15) is 65.4 Å². The standard InChI is InChI=1S/C33H41NO3Si/c1-22-13-18-28-25(19-22)11-10-12-30(28)34(32(35)29-20-23(2)24(3)21-31(29)36-7)26-14-16-27(17-15-26)37-38(8,9)33(4,5)6/h12-21H,10-11H2,1-9H3. The maximum Gasteiger partial charge on any atom is 0.266 e. The Hall–Kier alpha value is -3.31. The van der Waals surface area contributed by atoms with Gasteiger partial charge in [-0.25, -0.2) is 0 Å². The Morgan fingerprint density at radius 3 is 2.21 bits per heavy atom. The fourth-order valence-corrected chi connectivity index (χ4v) is 5.62. The fourth-order valence-electron chi connectivity index (χ4n) is 4.59. The van der Waals surface area contributed by atoms with Crippen LogP contribution < -0.4 is 14.1 Å². The summed E-state index contributed by atoms with van der Waals surface area (Å²) >= 11 is 0. The molecule has 0 aromatic heterocycles. The Bertz CT molecular complexity index is 1380. The van der Waals surface area contributed by atoms with Gasteiger partial charge in [0.15, 0.2) is 0 Å². The minimum absolute atomic E-state index is 0.0995. The molecule has 3 aromatic carbocycles. The Kier molecular flexibility index (Phi) is 7.62. The lowest BCUT2D eigenvalue weighted by Crippen LogP contribution is -2.43. The van der Waals surface area contributed by atoms with Crippen molar-refractivity contribution in [2.24, 2.45) is 0 Å². The van der Waals surface area contributed by atoms with Crippen molar-refractivity contribution in [2.45, 2.75) is 72.5 Å². The van der Waals surface area contributed by atoms with Gasteiger partial charge in [-0.3, -0.25) is 9.69 Å². The highest BCUT2D eigenvalue weighted by Gasteiger charge is 2.39. The van der Waals surface area contributed by atoms with E-state index in [-0.39, 0.29) is 10.9 Å². The van der Waals surface area contributed by atoms with Gasteiger partial charge in [0.1, 0.15) is 11.5 Å². The van der Waals surface area contributed by atoms with Gasteiger partial charge in [-0.1, -0.05) is 50.6 Å². The molecular weight excluding hydrogens is 486 g/mol. The van der Waals surface area contributed by atoms with Gasteiger partial charge in [-0.05, 0) is 105 Å². The maximum atomic E-state index is 14.4. The first-order valence-electron chi connectivity index (χ1n) is 13.4. The predicted octanol–water partition coefficient (Wildman–Crippen LogP) is 8.64. The fraction of sp³-hybridized carbons (Fsp3) is 0.364. The summed E-state index contributed by atoms with van der Waals surface area (Å²) in [4.78, 5) is 16.2. The molecule has 0 unspecified atom stereocenters. The largest absolute Gasteiger partial charge is 0.544 e. The minimum atomic E-state index is -1.98. The van der Waals surface area contributed by atoms with Crippen LogP contribution in [-0.4, -0.2) is 21.3 Å². The van der Waals surface area contributed by atoms with Crippen LogP contribution in [0.15, 0.2) is 60.7 Å². The van der Waals surface area contributed by atoms with E-state index in [0.29, 0.717) is 11.3 Å². The Balaban J connectivity index is 1.82. The second-order valence-corrected chi connectivity index (χ2v) is 16.6. The topological polar surface area (TPSA) is 38.8 Å². The highest BCUT2D eigenvalue weighted by Crippen LogP contribution is 2.39. The first-order chi connectivity index (χ1) is 17.8. The number of carbonyl (C=O) groups is 1. The SMILES string of the molecule is COc1cc(C)c(C)cc1C(=O)N(C1=CCCc2cc(C)ccc21)c1ccc(O[Si](C)(C)C(C)(C)C)cc1. The van der Waals surface area contributed by atoms with E-state index in [2.05, 4.69) is 65.1 Å². The van der Waals surface area contributed by atoms with Crippen molar-refractivity contribution in [3.63, 3.8) is 0 Å². The van der Waals surface area contributed by atoms with Crippen LogP contribution in [0, 0.1) is 20.8 Å². The van der Waals surface area contributed by atoms with Crippen molar-refractivity contribution in [1.82, 2.24) is 0 Å². The van der Waals surface area contributed by atoms with Crippen LogP contribution in [0.3, 0.4) is 0 Å². The average Bonchev–Trinajstić information content (AvgIpc) is 2.85. The van der Waals surface area contributed by atoms with Gasteiger partial charge in [0.05, 0.1) is 18.4 Å². The van der Waals surface area contributed by atoms with E-state index in [1.165, 1.54) is 11.1 Å². The number of hydrogen-bond donors (Lipinski definition) is 0. The quantitative estimate of drug-likeness (QED) is 0.301. The van der Waals surface area contributed by atoms with Gasteiger partial charge in [-0.15, -0.1) is 0 Å². The smallest absolute Gasteiger partial charge is 0.266 e. The maximum absolute atomic E-state index is 14.4. The molecule has 0 radical (unpaired) electrons. The van der Waals surface area contributed by atoms with Crippen LogP contribution in [0.4, 0.5) is 5.69 Å². The third-order valence-corrected chi connectivity index (χ3v) is 12.4. The number of rotatable bonds is 6. The van der Waals surface area contributed by atoms with Crippen LogP contribution in [0.25, 0.3) is 5.70 Å². The van der Waals surface area contributed by atoms with E-state index in [0.717, 1.165) is 46.7 Å². The number of carbonyl (C=O) groups excluding carboxylic acids is 1. The first kappa shape index (κ1) is 27.7. The number of fused-ring (bicyclic) bond motifs is 1. The molecule has 0 bridgehead atoms. The molecule has 1 amide bonds. The van der Waals surface area contributed by atoms with Gasteiger partial charge in [-0.2, -0.15) is 0 Å². The van der Waals surface area contributed by atoms with Crippen molar-refractivity contribution in [1.29, 1.82) is 0 Å². The molecule has 0 atom stereocenters. The van der Waals surface area contributed by atoms with Crippen LogP contribution in [0.2, 0.25) is 18.1 Å². The third-order valence-electron chi connectivity index (χ3n) is 8.05. The number of amides is 1. The highest BCUT2D eigenvalue weighted by atomic mass is 28.4. The van der Waals surface area contributed by atoms with E-state index in [1.807, 2.05) is 55.1 Å². The number of ether oxygens (including phenoxy) is 1. The molecular formula is C33H41NO3Si. The number of benzene rings is 3. The second kappa shape index (κ2) is 10.5. The Morgan fingerprint density at radius 2 is 1.58 bits per heavy atom. The van der Waals surface area contributed by atoms with Crippen molar-refractivity contribution in [2.75, 3.05) is 12.0 Å². The van der Waals surface area contributed by atoms with E-state index in [1.54, 1.807) is 7.11 Å². The molecule has 0 heterocycles. The lowest BCUT2D eigenvalue weighted by Gasteiger charge is -2.36. The molecule has 200 valence electrons. The molecule has 3 aromatic rings. The molecule has 0 saturated carbocycles. The van der Waals surface area contributed by atoms with Gasteiger partial charge < -0.3 is 9.16 Å². The summed E-state index contributed by atoms with van der Waals surface area (Å²) < 4.78 is 12.2. The molecule has 0 spiro atoms. The monoisotopic (exact) mass is 527 g/mol. The van der Waals surface area contributed by atoms with Crippen molar-refractivity contribution >= 4 is 25.6 Å². The molecule has 0 saturated heterocycles. The number of methoxy groups -OCH3 is 1. The van der Waals surface area contributed by atoms with Crippen molar-refractivity contribution in [3.8, 4) is 11.5 Å². The number of aryl methyl sites for hydroxylation is 4. The molecule has 0 aliphatic heterocycles. The molecule has 0 N–H and O–H groups in total. The second-order valence-electron chi connectivity index (χ2n) is 11.9. The molecule has 5 heteroatoms. The number of nitrogens with zero attached hydrogens (tertiary/aromatic N) is 1. The summed E-state index contributed by atoms with van der Waals surface area (Å²) in [6, 6.07) is 18.4. The van der Waals surface area contributed by atoms with E-state index in [4.69, 9.17) is 9.16 Å². The zero-order valence-corrected chi connectivity index (χ0v) is 25.4. The lowest BCUT2D eigenvalue weighted by atomic mass is 9.91. The predicted molar refractivity (Wildman–Crippen MR) is 161 cm³/mol. The number of anilines is 1. The molecule has 1 aliphatic rings. The summed E-state index contributed by atoms with van der Waals surface area (Å²) in [5, 5.41) is 0.0995. The van der Waals surface area contributed by atoms with Crippen LogP contribution >= 0.6 is 0 Å². The first-order valence-corrected chi connectivity index (χ1v) is 16.3. The number of allylic oxidation sites excluding steroid dienone is 1. The van der Waals surface area contributed by atoms with Crippen LogP contribution in [-0.2, 0) is 6.42 Å². The normalized spacial score (nSPS) is 13.4.